The fourth-order valence-corrected chi connectivity index (χ4v) is 4.11. The number of benzene rings is 1. The van der Waals surface area contributed by atoms with Gasteiger partial charge in [0.05, 0.1) is 0 Å². The molecule has 0 unspecified atom stereocenters. The molecule has 2 heterocycles. The van der Waals surface area contributed by atoms with Crippen LogP contribution in [-0.4, -0.2) is 61.6 Å². The first-order valence-electron chi connectivity index (χ1n) is 13.1. The number of carbonyl (C=O) groups is 1. The molecule has 0 spiro atoms. The molecular weight excluding hydrogens is 522 g/mol. The quantitative estimate of drug-likeness (QED) is 0.451. The predicted molar refractivity (Wildman–Crippen MR) is 154 cm³/mol. The van der Waals surface area contributed by atoms with Crippen LogP contribution >= 0.6 is 0 Å². The van der Waals surface area contributed by atoms with Gasteiger partial charge in [0, 0.05) is 43.1 Å². The van der Waals surface area contributed by atoms with Gasteiger partial charge in [-0.2, -0.15) is 5.70 Å². The van der Waals surface area contributed by atoms with E-state index in [1.807, 2.05) is 26.7 Å². The number of rotatable bonds is 9. The third-order valence-electron chi connectivity index (χ3n) is 6.26. The van der Waals surface area contributed by atoms with E-state index in [1.54, 1.807) is 30.5 Å². The van der Waals surface area contributed by atoms with Gasteiger partial charge >= 0.3 is 51.4 Å². The molecular formula is C29H42FKN6O2. The van der Waals surface area contributed by atoms with Crippen molar-refractivity contribution in [3.63, 3.8) is 0 Å². The number of hydrazine groups is 1. The Bertz CT molecular complexity index is 1060. The fourth-order valence-electron chi connectivity index (χ4n) is 4.11. The predicted octanol–water partition coefficient (Wildman–Crippen LogP) is 3.58. The van der Waals surface area contributed by atoms with Crippen LogP contribution in [0, 0.1) is 5.82 Å². The van der Waals surface area contributed by atoms with Crippen molar-refractivity contribution in [1.29, 1.82) is 0 Å². The molecule has 2 aliphatic rings. The maximum Gasteiger partial charge on any atom is 1.00 e. The average molecular weight is 565 g/mol. The summed E-state index contributed by atoms with van der Waals surface area (Å²) >= 11 is 0. The van der Waals surface area contributed by atoms with Crippen LogP contribution in [0.1, 0.15) is 46.5 Å². The summed E-state index contributed by atoms with van der Waals surface area (Å²) in [5.74, 6) is 0.950. The van der Waals surface area contributed by atoms with E-state index in [2.05, 4.69) is 58.0 Å². The van der Waals surface area contributed by atoms with Crippen molar-refractivity contribution in [1.82, 2.24) is 14.9 Å². The van der Waals surface area contributed by atoms with Gasteiger partial charge in [0.15, 0.2) is 11.6 Å². The molecule has 8 nitrogen and oxygen atoms in total. The normalized spacial score (nSPS) is 15.3. The molecule has 10 heteroatoms. The van der Waals surface area contributed by atoms with Gasteiger partial charge in [-0.15, -0.1) is 0 Å². The summed E-state index contributed by atoms with van der Waals surface area (Å²) in [6.45, 7) is 10.4. The largest absolute Gasteiger partial charge is 1.00 e. The Hall–Kier alpha value is -1.79. The number of aromatic nitrogens is 1. The Labute approximate surface area is 275 Å². The molecule has 0 atom stereocenters. The Balaban J connectivity index is 0.00000145. The number of carbonyl (C=O) groups excluding carboxylic acids is 1. The van der Waals surface area contributed by atoms with Crippen molar-refractivity contribution in [3.8, 4) is 11.5 Å². The summed E-state index contributed by atoms with van der Waals surface area (Å²) < 4.78 is 20.5. The minimum atomic E-state index is -0.433. The van der Waals surface area contributed by atoms with Gasteiger partial charge in [0.1, 0.15) is 18.4 Å². The molecule has 0 bridgehead atoms. The van der Waals surface area contributed by atoms with Crippen LogP contribution < -0.4 is 66.9 Å². The number of anilines is 2. The zero-order valence-electron chi connectivity index (χ0n) is 24.3. The monoisotopic (exact) mass is 564 g/mol. The zero-order chi connectivity index (χ0) is 27.9. The van der Waals surface area contributed by atoms with Crippen molar-refractivity contribution < 1.29 is 65.3 Å². The number of halogens is 1. The van der Waals surface area contributed by atoms with E-state index in [1.165, 1.54) is 11.6 Å². The molecule has 1 aliphatic carbocycles. The van der Waals surface area contributed by atoms with Crippen LogP contribution in [0.2, 0.25) is 0 Å². The number of ether oxygens (including phenoxy) is 1. The SMILES string of the molecule is C=O.CC.CC1=CC=C([N-]CNc2ccc(Oc3ccnc(NN4CCC(N(C)C)CC4)c3)c(F)c2)CC1.[K+]. The van der Waals surface area contributed by atoms with Crippen LogP contribution in [-0.2, 0) is 4.79 Å². The van der Waals surface area contributed by atoms with Crippen LogP contribution in [0.15, 0.2) is 60.0 Å². The second-order valence-electron chi connectivity index (χ2n) is 9.08. The third-order valence-corrected chi connectivity index (χ3v) is 6.26. The first-order valence-corrected chi connectivity index (χ1v) is 13.1. The molecule has 1 aromatic carbocycles. The first kappa shape index (κ1) is 35.2. The Morgan fingerprint density at radius 2 is 1.85 bits per heavy atom. The molecule has 2 N–H and O–H groups in total. The van der Waals surface area contributed by atoms with E-state index in [9.17, 15) is 4.39 Å². The van der Waals surface area contributed by atoms with Gasteiger partial charge in [-0.3, -0.25) is 0 Å². The van der Waals surface area contributed by atoms with E-state index < -0.39 is 5.82 Å². The van der Waals surface area contributed by atoms with Gasteiger partial charge in [0.25, 0.3) is 0 Å². The topological polar surface area (TPSA) is 83.8 Å². The van der Waals surface area contributed by atoms with Crippen molar-refractivity contribution in [2.45, 2.75) is 52.5 Å². The van der Waals surface area contributed by atoms with Crippen LogP contribution in [0.3, 0.4) is 0 Å². The number of piperidine rings is 1. The van der Waals surface area contributed by atoms with Gasteiger partial charge < -0.3 is 30.5 Å². The summed E-state index contributed by atoms with van der Waals surface area (Å²) in [6.07, 6.45) is 9.99. The third kappa shape index (κ3) is 12.1. The maximum absolute atomic E-state index is 14.7. The summed E-state index contributed by atoms with van der Waals surface area (Å²) in [7, 11) is 4.25. The minimum absolute atomic E-state index is 0. The molecule has 0 saturated carbocycles. The summed E-state index contributed by atoms with van der Waals surface area (Å²) in [5.41, 5.74) is 6.43. The van der Waals surface area contributed by atoms with Crippen LogP contribution in [0.5, 0.6) is 11.5 Å². The van der Waals surface area contributed by atoms with Crippen LogP contribution in [0.25, 0.3) is 5.32 Å². The van der Waals surface area contributed by atoms with Gasteiger partial charge in [-0.1, -0.05) is 38.2 Å². The van der Waals surface area contributed by atoms with Crippen molar-refractivity contribution in [3.05, 3.63) is 71.1 Å². The smallest absolute Gasteiger partial charge is 0.672 e. The number of allylic oxidation sites excluding steroid dienone is 4. The molecule has 0 radical (unpaired) electrons. The molecule has 2 aromatic rings. The van der Waals surface area contributed by atoms with E-state index in [0.29, 0.717) is 30.0 Å². The van der Waals surface area contributed by atoms with E-state index >= 15 is 0 Å². The molecule has 39 heavy (non-hydrogen) atoms. The average Bonchev–Trinajstić information content (AvgIpc) is 2.94. The van der Waals surface area contributed by atoms with Gasteiger partial charge in [-0.25, -0.2) is 14.4 Å². The Morgan fingerprint density at radius 1 is 1.13 bits per heavy atom. The van der Waals surface area contributed by atoms with Gasteiger partial charge in [0.2, 0.25) is 0 Å². The van der Waals surface area contributed by atoms with Crippen LogP contribution in [0.4, 0.5) is 15.9 Å². The molecule has 4 rings (SSSR count). The zero-order valence-corrected chi connectivity index (χ0v) is 27.5. The summed E-state index contributed by atoms with van der Waals surface area (Å²) in [5, 5.41) is 9.85. The number of hydrogen-bond acceptors (Lipinski definition) is 7. The van der Waals surface area contributed by atoms with E-state index in [0.717, 1.165) is 44.5 Å². The minimum Gasteiger partial charge on any atom is -0.672 e. The van der Waals surface area contributed by atoms with Crippen molar-refractivity contribution in [2.24, 2.45) is 0 Å². The second kappa shape index (κ2) is 19.3. The first-order chi connectivity index (χ1) is 18.5. The molecule has 208 valence electrons. The number of nitrogens with one attached hydrogen (secondary N) is 2. The number of pyridine rings is 1. The van der Waals surface area contributed by atoms with E-state index in [-0.39, 0.29) is 57.1 Å². The molecule has 1 aromatic heterocycles. The fraction of sp³-hybridized carbons (Fsp3) is 0.448. The number of hydrogen-bond donors (Lipinski definition) is 2. The van der Waals surface area contributed by atoms with Gasteiger partial charge in [-0.05, 0) is 64.9 Å². The molecule has 1 fully saturated rings. The number of nitrogens with zero attached hydrogens (tertiary/aromatic N) is 4. The van der Waals surface area contributed by atoms with Crippen molar-refractivity contribution >= 4 is 18.3 Å². The Kier molecular flexibility index (Phi) is 17.4. The standard InChI is InChI=1S/C26H34FN6O.C2H6.CH2O.K/c1-19-4-6-20(7-5-19)29-18-30-21-8-9-25(24(27)16-21)34-23-10-13-28-26(17-23)31-33-14-11-22(12-15-33)32(2)3;2*1-2;/h4,6,8-10,13,16-17,22,30H,5,7,11-12,14-15,18H2,1-3H3,(H,28,31);1-2H3;1H2;/q-1;;;+1. The Morgan fingerprint density at radius 3 is 2.46 bits per heavy atom. The maximum atomic E-state index is 14.7. The molecule has 1 aliphatic heterocycles. The summed E-state index contributed by atoms with van der Waals surface area (Å²) in [4.78, 5) is 14.7. The summed E-state index contributed by atoms with van der Waals surface area (Å²) in [6, 6.07) is 8.98. The van der Waals surface area contributed by atoms with Crippen molar-refractivity contribution in [2.75, 3.05) is 44.6 Å². The second-order valence-corrected chi connectivity index (χ2v) is 9.08. The molecule has 0 amide bonds. The van der Waals surface area contributed by atoms with E-state index in [4.69, 9.17) is 9.53 Å². The molecule has 1 saturated heterocycles.